The lowest BCUT2D eigenvalue weighted by molar-refractivity contribution is 0.181. The molecule has 2 amide bonds. The first-order valence-corrected chi connectivity index (χ1v) is 11.2. The van der Waals surface area contributed by atoms with Crippen molar-refractivity contribution in [1.82, 2.24) is 15.2 Å². The smallest absolute Gasteiger partial charge is 0.318 e. The third-order valence-corrected chi connectivity index (χ3v) is 6.37. The van der Waals surface area contributed by atoms with Crippen LogP contribution in [0.5, 0.6) is 0 Å². The minimum absolute atomic E-state index is 0.0719. The van der Waals surface area contributed by atoms with Crippen LogP contribution in [0.25, 0.3) is 0 Å². The summed E-state index contributed by atoms with van der Waals surface area (Å²) >= 11 is 1.71. The van der Waals surface area contributed by atoms with E-state index < -0.39 is 0 Å². The Bertz CT molecular complexity index is 1030. The highest BCUT2D eigenvalue weighted by atomic mass is 32.1. The van der Waals surface area contributed by atoms with Crippen molar-refractivity contribution in [3.63, 3.8) is 0 Å². The highest BCUT2D eigenvalue weighted by Crippen LogP contribution is 2.21. The van der Waals surface area contributed by atoms with Crippen LogP contribution in [-0.2, 0) is 13.1 Å². The summed E-state index contributed by atoms with van der Waals surface area (Å²) < 4.78 is 5.47. The summed E-state index contributed by atoms with van der Waals surface area (Å²) in [4.78, 5) is 23.9. The maximum atomic E-state index is 13.1. The molecule has 4 rings (SSSR count). The molecule has 0 radical (unpaired) electrons. The van der Waals surface area contributed by atoms with E-state index in [9.17, 15) is 4.79 Å². The summed E-state index contributed by atoms with van der Waals surface area (Å²) in [6.45, 7) is 4.68. The van der Waals surface area contributed by atoms with Gasteiger partial charge in [0.1, 0.15) is 17.6 Å². The van der Waals surface area contributed by atoms with Gasteiger partial charge in [0.25, 0.3) is 0 Å². The van der Waals surface area contributed by atoms with Crippen LogP contribution in [0.2, 0.25) is 0 Å². The van der Waals surface area contributed by atoms with Gasteiger partial charge in [-0.1, -0.05) is 0 Å². The van der Waals surface area contributed by atoms with Crippen LogP contribution in [0, 0.1) is 18.3 Å². The summed E-state index contributed by atoms with van der Waals surface area (Å²) in [5.74, 6) is 1.64. The van der Waals surface area contributed by atoms with Crippen LogP contribution in [0.15, 0.2) is 53.3 Å². The Hall–Kier alpha value is -3.31. The first-order valence-electron chi connectivity index (χ1n) is 10.3. The molecule has 0 aromatic carbocycles. The summed E-state index contributed by atoms with van der Waals surface area (Å²) in [6, 6.07) is 13.7. The number of piperidine rings is 1. The van der Waals surface area contributed by atoms with Crippen LogP contribution in [0.3, 0.4) is 0 Å². The Morgan fingerprint density at radius 3 is 2.74 bits per heavy atom. The van der Waals surface area contributed by atoms with Crippen molar-refractivity contribution in [2.24, 2.45) is 0 Å². The van der Waals surface area contributed by atoms with Gasteiger partial charge in [0.05, 0.1) is 24.9 Å². The molecule has 0 bridgehead atoms. The first-order chi connectivity index (χ1) is 15.1. The summed E-state index contributed by atoms with van der Waals surface area (Å²) in [5.41, 5.74) is 0.559. The van der Waals surface area contributed by atoms with Gasteiger partial charge in [-0.15, -0.1) is 11.3 Å². The van der Waals surface area contributed by atoms with Gasteiger partial charge in [-0.25, -0.2) is 9.78 Å². The van der Waals surface area contributed by atoms with E-state index in [0.29, 0.717) is 18.7 Å². The Morgan fingerprint density at radius 1 is 1.29 bits per heavy atom. The molecule has 0 unspecified atom stereocenters. The number of hydrogen-bond donors (Lipinski definition) is 1. The van der Waals surface area contributed by atoms with Crippen LogP contribution < -0.4 is 10.2 Å². The lowest BCUT2D eigenvalue weighted by atomic mass is 10.1. The predicted octanol–water partition coefficient (Wildman–Crippen LogP) is 4.30. The number of furan rings is 1. The second-order valence-corrected chi connectivity index (χ2v) is 9.05. The van der Waals surface area contributed by atoms with E-state index in [1.807, 2.05) is 18.2 Å². The van der Waals surface area contributed by atoms with Crippen molar-refractivity contribution in [3.05, 3.63) is 69.9 Å². The number of amides is 2. The molecule has 3 aromatic rings. The molecule has 0 aliphatic carbocycles. The molecule has 31 heavy (non-hydrogen) atoms. The third kappa shape index (κ3) is 5.44. The van der Waals surface area contributed by atoms with Gasteiger partial charge in [-0.2, -0.15) is 5.26 Å². The Kier molecular flexibility index (Phi) is 6.53. The number of aromatic nitrogens is 1. The number of pyridine rings is 1. The molecule has 0 spiro atoms. The van der Waals surface area contributed by atoms with Gasteiger partial charge in [-0.05, 0) is 56.2 Å². The number of thiophene rings is 1. The van der Waals surface area contributed by atoms with Crippen molar-refractivity contribution in [1.29, 1.82) is 5.26 Å². The lowest BCUT2D eigenvalue weighted by Crippen LogP contribution is -2.49. The third-order valence-electron chi connectivity index (χ3n) is 5.38. The Morgan fingerprint density at radius 2 is 2.13 bits per heavy atom. The number of nitriles is 1. The molecule has 8 heteroatoms. The number of hydrogen-bond acceptors (Lipinski definition) is 6. The number of carbonyl (C=O) groups is 1. The van der Waals surface area contributed by atoms with Gasteiger partial charge >= 0.3 is 6.03 Å². The maximum absolute atomic E-state index is 13.1. The largest absolute Gasteiger partial charge is 0.467 e. The number of nitrogens with one attached hydrogen (secondary N) is 1. The molecule has 0 saturated carbocycles. The molecular weight excluding hydrogens is 410 g/mol. The second-order valence-electron chi connectivity index (χ2n) is 7.68. The molecule has 4 heterocycles. The number of carbonyl (C=O) groups excluding carboxylic acids is 1. The van der Waals surface area contributed by atoms with Gasteiger partial charge < -0.3 is 19.5 Å². The van der Waals surface area contributed by atoms with Crippen molar-refractivity contribution in [3.8, 4) is 6.07 Å². The van der Waals surface area contributed by atoms with E-state index in [-0.39, 0.29) is 12.1 Å². The molecule has 160 valence electrons. The summed E-state index contributed by atoms with van der Waals surface area (Å²) in [7, 11) is 0. The minimum atomic E-state index is -0.0719. The van der Waals surface area contributed by atoms with Crippen LogP contribution >= 0.6 is 11.3 Å². The van der Waals surface area contributed by atoms with Gasteiger partial charge in [0, 0.05) is 35.1 Å². The van der Waals surface area contributed by atoms with Crippen molar-refractivity contribution >= 4 is 23.2 Å². The molecule has 1 aliphatic rings. The summed E-state index contributed by atoms with van der Waals surface area (Å²) in [5, 5.41) is 12.1. The normalized spacial score (nSPS) is 14.3. The van der Waals surface area contributed by atoms with E-state index in [4.69, 9.17) is 9.68 Å². The predicted molar refractivity (Wildman–Crippen MR) is 120 cm³/mol. The molecule has 1 fully saturated rings. The fraction of sp³-hybridized carbons (Fsp3) is 0.348. The molecular formula is C23H25N5O2S. The molecule has 1 aliphatic heterocycles. The maximum Gasteiger partial charge on any atom is 0.318 e. The number of anilines is 1. The highest BCUT2D eigenvalue weighted by molar-refractivity contribution is 7.11. The average molecular weight is 436 g/mol. The number of aryl methyl sites for hydroxylation is 1. The zero-order valence-electron chi connectivity index (χ0n) is 17.5. The standard InChI is InChI=1S/C23H25N5O2S/c1-17-4-6-21(31-17)16-28(15-20-3-2-12-30-20)23(29)26-19-8-10-27(11-9-19)22-7-5-18(13-24)14-25-22/h2-7,12,14,19H,8-11,15-16H2,1H3,(H,26,29). The minimum Gasteiger partial charge on any atom is -0.467 e. The monoisotopic (exact) mass is 435 g/mol. The fourth-order valence-corrected chi connectivity index (χ4v) is 4.61. The van der Waals surface area contributed by atoms with Crippen molar-refractivity contribution in [2.45, 2.75) is 38.9 Å². The summed E-state index contributed by atoms with van der Waals surface area (Å²) in [6.07, 6.45) is 4.93. The second kappa shape index (κ2) is 9.67. The Labute approximate surface area is 185 Å². The van der Waals surface area contributed by atoms with E-state index >= 15 is 0 Å². The zero-order valence-corrected chi connectivity index (χ0v) is 18.3. The zero-order chi connectivity index (χ0) is 21.6. The van der Waals surface area contributed by atoms with Gasteiger partial charge in [-0.3, -0.25) is 0 Å². The molecule has 7 nitrogen and oxygen atoms in total. The Balaban J connectivity index is 1.35. The van der Waals surface area contributed by atoms with Gasteiger partial charge in [0.2, 0.25) is 0 Å². The van der Waals surface area contributed by atoms with E-state index in [1.54, 1.807) is 34.8 Å². The number of rotatable bonds is 6. The lowest BCUT2D eigenvalue weighted by Gasteiger charge is -2.34. The molecule has 1 N–H and O–H groups in total. The number of urea groups is 1. The SMILES string of the molecule is Cc1ccc(CN(Cc2ccco2)C(=O)NC2CCN(c3ccc(C#N)cn3)CC2)s1. The van der Waals surface area contributed by atoms with Crippen LogP contribution in [0.4, 0.5) is 10.6 Å². The number of nitrogens with zero attached hydrogens (tertiary/aromatic N) is 4. The molecule has 1 saturated heterocycles. The first kappa shape index (κ1) is 20.9. The highest BCUT2D eigenvalue weighted by Gasteiger charge is 2.24. The topological polar surface area (TPSA) is 85.4 Å². The van der Waals surface area contributed by atoms with Crippen molar-refractivity contribution in [2.75, 3.05) is 18.0 Å². The molecule has 0 atom stereocenters. The van der Waals surface area contributed by atoms with Crippen molar-refractivity contribution < 1.29 is 9.21 Å². The van der Waals surface area contributed by atoms with E-state index in [0.717, 1.165) is 42.4 Å². The average Bonchev–Trinajstić information content (AvgIpc) is 3.45. The van der Waals surface area contributed by atoms with Crippen LogP contribution in [-0.4, -0.2) is 35.0 Å². The van der Waals surface area contributed by atoms with Crippen LogP contribution in [0.1, 0.15) is 33.9 Å². The quantitative estimate of drug-likeness (QED) is 0.624. The van der Waals surface area contributed by atoms with E-state index in [1.165, 1.54) is 4.88 Å². The van der Waals surface area contributed by atoms with Gasteiger partial charge in [0.15, 0.2) is 0 Å². The van der Waals surface area contributed by atoms with E-state index in [2.05, 4.69) is 40.3 Å². The fourth-order valence-electron chi connectivity index (χ4n) is 3.71. The molecule has 3 aromatic heterocycles.